The van der Waals surface area contributed by atoms with Gasteiger partial charge in [-0.05, 0) is 49.9 Å². The molecule has 94 valence electrons. The molecule has 1 aliphatic heterocycles. The van der Waals surface area contributed by atoms with Gasteiger partial charge in [-0.1, -0.05) is 11.6 Å². The number of piperidine rings is 1. The molecule has 0 aliphatic carbocycles. The quantitative estimate of drug-likeness (QED) is 0.872. The second-order valence-electron chi connectivity index (χ2n) is 4.53. The van der Waals surface area contributed by atoms with Gasteiger partial charge >= 0.3 is 0 Å². The molecule has 0 aromatic heterocycles. The van der Waals surface area contributed by atoms with Crippen LogP contribution in [-0.2, 0) is 6.42 Å². The molecule has 0 radical (unpaired) electrons. The third-order valence-corrected chi connectivity index (χ3v) is 3.56. The zero-order valence-corrected chi connectivity index (χ0v) is 10.8. The van der Waals surface area contributed by atoms with Crippen molar-refractivity contribution in [2.45, 2.75) is 19.3 Å². The lowest BCUT2D eigenvalue weighted by molar-refractivity contribution is 0.367. The summed E-state index contributed by atoms with van der Waals surface area (Å²) in [5.41, 5.74) is 0.917. The summed E-state index contributed by atoms with van der Waals surface area (Å²) in [6.07, 6.45) is 3.28. The average molecular weight is 256 g/mol. The van der Waals surface area contributed by atoms with Crippen LogP contribution in [0.3, 0.4) is 0 Å². The van der Waals surface area contributed by atoms with Gasteiger partial charge in [-0.25, -0.2) is 0 Å². The van der Waals surface area contributed by atoms with E-state index >= 15 is 0 Å². The fraction of sp³-hybridized carbons (Fsp3) is 0.538. The lowest BCUT2D eigenvalue weighted by atomic mass is 9.92. The van der Waals surface area contributed by atoms with Crippen molar-refractivity contribution in [3.63, 3.8) is 0 Å². The highest BCUT2D eigenvalue weighted by Gasteiger charge is 2.16. The molecule has 0 spiro atoms. The molecule has 1 heterocycles. The highest BCUT2D eigenvalue weighted by atomic mass is 35.5. The summed E-state index contributed by atoms with van der Waals surface area (Å²) in [7, 11) is 1.59. The van der Waals surface area contributed by atoms with Crippen molar-refractivity contribution in [3.8, 4) is 11.5 Å². The fourth-order valence-corrected chi connectivity index (χ4v) is 2.55. The van der Waals surface area contributed by atoms with Crippen molar-refractivity contribution >= 4 is 11.6 Å². The lowest BCUT2D eigenvalue weighted by Gasteiger charge is -2.23. The molecule has 1 aromatic rings. The van der Waals surface area contributed by atoms with Gasteiger partial charge in [0.15, 0.2) is 0 Å². The minimum Gasteiger partial charge on any atom is -0.508 e. The molecule has 1 aromatic carbocycles. The molecule has 17 heavy (non-hydrogen) atoms. The molecule has 2 N–H and O–H groups in total. The number of phenolic OH excluding ortho intramolecular Hbond substituents is 1. The fourth-order valence-electron chi connectivity index (χ4n) is 2.31. The van der Waals surface area contributed by atoms with Crippen molar-refractivity contribution in [2.24, 2.45) is 5.92 Å². The van der Waals surface area contributed by atoms with Gasteiger partial charge < -0.3 is 15.2 Å². The Balaban J connectivity index is 2.13. The first-order valence-electron chi connectivity index (χ1n) is 5.97. The number of halogens is 1. The molecule has 2 rings (SSSR count). The predicted molar refractivity (Wildman–Crippen MR) is 69.0 cm³/mol. The molecule has 0 bridgehead atoms. The van der Waals surface area contributed by atoms with Crippen molar-refractivity contribution < 1.29 is 9.84 Å². The minimum atomic E-state index is 0.265. The van der Waals surface area contributed by atoms with Crippen LogP contribution in [0.15, 0.2) is 12.1 Å². The van der Waals surface area contributed by atoms with Crippen LogP contribution in [0.4, 0.5) is 0 Å². The molecule has 0 saturated carbocycles. The van der Waals surface area contributed by atoms with E-state index in [0.29, 0.717) is 16.7 Å². The van der Waals surface area contributed by atoms with Crippen LogP contribution in [0.1, 0.15) is 18.4 Å². The van der Waals surface area contributed by atoms with Gasteiger partial charge in [-0.3, -0.25) is 0 Å². The number of hydrogen-bond donors (Lipinski definition) is 2. The Morgan fingerprint density at radius 1 is 1.53 bits per heavy atom. The second kappa shape index (κ2) is 5.61. The number of benzene rings is 1. The zero-order chi connectivity index (χ0) is 12.3. The number of nitrogens with one attached hydrogen (secondary N) is 1. The smallest absolute Gasteiger partial charge is 0.137 e. The van der Waals surface area contributed by atoms with E-state index in [-0.39, 0.29) is 5.75 Å². The maximum atomic E-state index is 9.88. The molecule has 1 fully saturated rings. The Labute approximate surface area is 107 Å². The first-order valence-corrected chi connectivity index (χ1v) is 6.34. The zero-order valence-electron chi connectivity index (χ0n) is 10.0. The van der Waals surface area contributed by atoms with Crippen LogP contribution in [0.25, 0.3) is 0 Å². The number of ether oxygens (including phenoxy) is 1. The molecule has 3 nitrogen and oxygen atoms in total. The van der Waals surface area contributed by atoms with Crippen LogP contribution in [-0.4, -0.2) is 25.3 Å². The van der Waals surface area contributed by atoms with Gasteiger partial charge in [-0.15, -0.1) is 0 Å². The summed E-state index contributed by atoms with van der Waals surface area (Å²) in [5, 5.41) is 13.7. The Bertz CT molecular complexity index is 389. The summed E-state index contributed by atoms with van der Waals surface area (Å²) in [6, 6.07) is 3.40. The lowest BCUT2D eigenvalue weighted by Crippen LogP contribution is -2.30. The number of phenols is 1. The maximum absolute atomic E-state index is 9.88. The third kappa shape index (κ3) is 3.05. The van der Waals surface area contributed by atoms with E-state index in [0.717, 1.165) is 25.1 Å². The van der Waals surface area contributed by atoms with Crippen LogP contribution in [0, 0.1) is 5.92 Å². The maximum Gasteiger partial charge on any atom is 0.137 e. The first-order chi connectivity index (χ1) is 8.20. The Kier molecular flexibility index (Phi) is 4.13. The first kappa shape index (κ1) is 12.5. The van der Waals surface area contributed by atoms with Crippen molar-refractivity contribution in [1.29, 1.82) is 0 Å². The van der Waals surface area contributed by atoms with Crippen LogP contribution >= 0.6 is 11.6 Å². The monoisotopic (exact) mass is 255 g/mol. The predicted octanol–water partition coefficient (Wildman–Crippen LogP) is 2.60. The van der Waals surface area contributed by atoms with Gasteiger partial charge in [0.25, 0.3) is 0 Å². The summed E-state index contributed by atoms with van der Waals surface area (Å²) in [4.78, 5) is 0. The van der Waals surface area contributed by atoms with Gasteiger partial charge in [0.1, 0.15) is 11.5 Å². The standard InChI is InChI=1S/C13H18ClNO2/c1-17-13-6-10(12(16)7-11(13)14)5-9-3-2-4-15-8-9/h6-7,9,15-16H,2-5,8H2,1H3. The average Bonchev–Trinajstić information content (AvgIpc) is 2.34. The van der Waals surface area contributed by atoms with Gasteiger partial charge in [-0.2, -0.15) is 0 Å². The largest absolute Gasteiger partial charge is 0.508 e. The number of rotatable bonds is 3. The number of aromatic hydroxyl groups is 1. The van der Waals surface area contributed by atoms with Crippen molar-refractivity contribution in [2.75, 3.05) is 20.2 Å². The van der Waals surface area contributed by atoms with E-state index < -0.39 is 0 Å². The van der Waals surface area contributed by atoms with E-state index in [2.05, 4.69) is 5.32 Å². The van der Waals surface area contributed by atoms with E-state index in [9.17, 15) is 5.11 Å². The van der Waals surface area contributed by atoms with E-state index in [1.54, 1.807) is 13.2 Å². The van der Waals surface area contributed by atoms with Crippen LogP contribution in [0.5, 0.6) is 11.5 Å². The van der Waals surface area contributed by atoms with Crippen molar-refractivity contribution in [3.05, 3.63) is 22.7 Å². The van der Waals surface area contributed by atoms with Crippen LogP contribution < -0.4 is 10.1 Å². The molecular weight excluding hydrogens is 238 g/mol. The Hall–Kier alpha value is -0.930. The van der Waals surface area contributed by atoms with Gasteiger partial charge in [0, 0.05) is 6.07 Å². The third-order valence-electron chi connectivity index (χ3n) is 3.26. The molecule has 1 aliphatic rings. The normalized spacial score (nSPS) is 20.2. The Morgan fingerprint density at radius 2 is 2.35 bits per heavy atom. The topological polar surface area (TPSA) is 41.5 Å². The summed E-state index contributed by atoms with van der Waals surface area (Å²) >= 11 is 5.95. The summed E-state index contributed by atoms with van der Waals surface area (Å²) in [5.74, 6) is 1.48. The molecule has 1 unspecified atom stereocenters. The van der Waals surface area contributed by atoms with E-state index in [1.807, 2.05) is 6.07 Å². The van der Waals surface area contributed by atoms with Crippen LogP contribution in [0.2, 0.25) is 5.02 Å². The highest BCUT2D eigenvalue weighted by molar-refractivity contribution is 6.32. The molecule has 4 heteroatoms. The second-order valence-corrected chi connectivity index (χ2v) is 4.94. The molecule has 1 saturated heterocycles. The summed E-state index contributed by atoms with van der Waals surface area (Å²) < 4.78 is 5.17. The summed E-state index contributed by atoms with van der Waals surface area (Å²) in [6.45, 7) is 2.12. The SMILES string of the molecule is COc1cc(CC2CCCNC2)c(O)cc1Cl. The molecule has 1 atom stereocenters. The van der Waals surface area contributed by atoms with E-state index in [4.69, 9.17) is 16.3 Å². The Morgan fingerprint density at radius 3 is 3.00 bits per heavy atom. The number of methoxy groups -OCH3 is 1. The van der Waals surface area contributed by atoms with E-state index in [1.165, 1.54) is 12.8 Å². The highest BCUT2D eigenvalue weighted by Crippen LogP contribution is 2.33. The van der Waals surface area contributed by atoms with Gasteiger partial charge in [0.2, 0.25) is 0 Å². The van der Waals surface area contributed by atoms with Gasteiger partial charge in [0.05, 0.1) is 12.1 Å². The molecule has 0 amide bonds. The molecular formula is C13H18ClNO2. The number of hydrogen-bond acceptors (Lipinski definition) is 3. The minimum absolute atomic E-state index is 0.265. The van der Waals surface area contributed by atoms with Crippen molar-refractivity contribution in [1.82, 2.24) is 5.32 Å².